The first kappa shape index (κ1) is 30.7. The van der Waals surface area contributed by atoms with Gasteiger partial charge in [-0.25, -0.2) is 9.97 Å². The summed E-state index contributed by atoms with van der Waals surface area (Å²) in [7, 11) is 0. The van der Waals surface area contributed by atoms with E-state index in [2.05, 4.69) is 36.7 Å². The van der Waals surface area contributed by atoms with Crippen molar-refractivity contribution in [3.8, 4) is 0 Å². The van der Waals surface area contributed by atoms with Crippen LogP contribution < -0.4 is 21.3 Å². The largest absolute Gasteiger partial charge is 0.384 e. The zero-order valence-electron chi connectivity index (χ0n) is 25.8. The van der Waals surface area contributed by atoms with Gasteiger partial charge in [0.15, 0.2) is 11.5 Å². The summed E-state index contributed by atoms with van der Waals surface area (Å²) >= 11 is 0. The highest BCUT2D eigenvalue weighted by Gasteiger charge is 2.45. The van der Waals surface area contributed by atoms with E-state index in [1.54, 1.807) is 18.2 Å². The standard InChI is InChI=1S/C33H36N8O5/c1-19-10-11-22-25(17-19)40-20(2)18-37-30(40)29(38-22)36-16-15-35-26(42)9-4-3-5-14-34-23-8-6-7-21-28(23)33(46)41(32(21)45)24-12-13-27(43)39-31(24)44/h6-8,10-11,17-18,24,34H,3-5,9,12-16H2,1-2H3,(H,35,42)(H,36,38)(H,39,43,44). The fourth-order valence-corrected chi connectivity index (χ4v) is 6.05. The number of aryl methyl sites for hydroxylation is 2. The van der Waals surface area contributed by atoms with Crippen LogP contribution >= 0.6 is 0 Å². The van der Waals surface area contributed by atoms with Crippen LogP contribution in [0.2, 0.25) is 0 Å². The lowest BCUT2D eigenvalue weighted by Gasteiger charge is -2.27. The molecule has 2 aromatic carbocycles. The molecule has 2 aliphatic heterocycles. The van der Waals surface area contributed by atoms with Crippen molar-refractivity contribution in [1.29, 1.82) is 0 Å². The minimum absolute atomic E-state index is 0.0305. The maximum atomic E-state index is 13.2. The second-order valence-electron chi connectivity index (χ2n) is 11.7. The number of rotatable bonds is 12. The van der Waals surface area contributed by atoms with Crippen molar-refractivity contribution >= 4 is 57.7 Å². The number of benzene rings is 2. The van der Waals surface area contributed by atoms with E-state index in [-0.39, 0.29) is 29.9 Å². The molecule has 2 aliphatic rings. The topological polar surface area (TPSA) is 167 Å². The van der Waals surface area contributed by atoms with Crippen molar-refractivity contribution in [2.24, 2.45) is 0 Å². The summed E-state index contributed by atoms with van der Waals surface area (Å²) in [5.74, 6) is -1.48. The molecule has 0 bridgehead atoms. The van der Waals surface area contributed by atoms with Gasteiger partial charge in [0.1, 0.15) is 6.04 Å². The molecule has 13 heteroatoms. The molecule has 1 atom stereocenters. The lowest BCUT2D eigenvalue weighted by Crippen LogP contribution is -2.54. The Kier molecular flexibility index (Phi) is 8.64. The fraction of sp³-hybridized carbons (Fsp3) is 0.364. The molecule has 6 rings (SSSR count). The molecule has 0 saturated carbocycles. The smallest absolute Gasteiger partial charge is 0.264 e. The molecule has 4 heterocycles. The maximum Gasteiger partial charge on any atom is 0.264 e. The van der Waals surface area contributed by atoms with Gasteiger partial charge in [-0.15, -0.1) is 0 Å². The Morgan fingerprint density at radius 3 is 2.65 bits per heavy atom. The lowest BCUT2D eigenvalue weighted by molar-refractivity contribution is -0.136. The highest BCUT2D eigenvalue weighted by molar-refractivity contribution is 6.25. The van der Waals surface area contributed by atoms with Crippen molar-refractivity contribution < 1.29 is 24.0 Å². The van der Waals surface area contributed by atoms with Crippen LogP contribution in [-0.4, -0.2) is 74.5 Å². The third kappa shape index (κ3) is 6.00. The molecule has 0 spiro atoms. The van der Waals surface area contributed by atoms with Gasteiger partial charge in [-0.1, -0.05) is 18.6 Å². The number of carbonyl (C=O) groups excluding carboxylic acids is 5. The molecule has 1 unspecified atom stereocenters. The number of hydrogen-bond donors (Lipinski definition) is 4. The number of carbonyl (C=O) groups is 5. The van der Waals surface area contributed by atoms with Crippen molar-refractivity contribution in [1.82, 2.24) is 29.9 Å². The number of hydrogen-bond acceptors (Lipinski definition) is 9. The van der Waals surface area contributed by atoms with Gasteiger partial charge >= 0.3 is 0 Å². The molecule has 0 radical (unpaired) electrons. The van der Waals surface area contributed by atoms with Crippen molar-refractivity contribution in [2.45, 2.75) is 58.4 Å². The minimum Gasteiger partial charge on any atom is -0.384 e. The van der Waals surface area contributed by atoms with E-state index in [9.17, 15) is 24.0 Å². The van der Waals surface area contributed by atoms with E-state index in [0.717, 1.165) is 45.7 Å². The highest BCUT2D eigenvalue weighted by atomic mass is 16.2. The minimum atomic E-state index is -1.00. The lowest BCUT2D eigenvalue weighted by atomic mass is 10.0. The number of piperidine rings is 1. The quantitative estimate of drug-likeness (QED) is 0.137. The predicted octanol–water partition coefficient (Wildman–Crippen LogP) is 3.10. The first-order valence-electron chi connectivity index (χ1n) is 15.6. The Hall–Kier alpha value is -5.33. The van der Waals surface area contributed by atoms with Crippen LogP contribution in [0.5, 0.6) is 0 Å². The summed E-state index contributed by atoms with van der Waals surface area (Å²) in [6.45, 7) is 5.56. The van der Waals surface area contributed by atoms with Gasteiger partial charge in [0, 0.05) is 50.1 Å². The third-order valence-electron chi connectivity index (χ3n) is 8.36. The van der Waals surface area contributed by atoms with Crippen LogP contribution in [0.4, 0.5) is 11.5 Å². The monoisotopic (exact) mass is 624 g/mol. The molecule has 238 valence electrons. The summed E-state index contributed by atoms with van der Waals surface area (Å²) in [5.41, 5.74) is 5.79. The van der Waals surface area contributed by atoms with Crippen molar-refractivity contribution in [3.63, 3.8) is 0 Å². The number of nitrogens with one attached hydrogen (secondary N) is 4. The summed E-state index contributed by atoms with van der Waals surface area (Å²) in [6, 6.07) is 10.1. The summed E-state index contributed by atoms with van der Waals surface area (Å²) in [6.07, 6.45) is 4.65. The Balaban J connectivity index is 0.927. The van der Waals surface area contributed by atoms with E-state index >= 15 is 0 Å². The number of aromatic nitrogens is 3. The Morgan fingerprint density at radius 2 is 1.83 bits per heavy atom. The van der Waals surface area contributed by atoms with Gasteiger partial charge in [-0.3, -0.25) is 38.6 Å². The number of fused-ring (bicyclic) bond motifs is 4. The normalized spacial score (nSPS) is 16.2. The van der Waals surface area contributed by atoms with Gasteiger partial charge in [0.2, 0.25) is 17.7 Å². The first-order valence-corrected chi connectivity index (χ1v) is 15.6. The van der Waals surface area contributed by atoms with Gasteiger partial charge < -0.3 is 16.0 Å². The molecule has 2 aromatic heterocycles. The van der Waals surface area contributed by atoms with Crippen LogP contribution in [-0.2, 0) is 14.4 Å². The third-order valence-corrected chi connectivity index (χ3v) is 8.36. The summed E-state index contributed by atoms with van der Waals surface area (Å²) < 4.78 is 2.09. The van der Waals surface area contributed by atoms with Crippen LogP contribution in [0, 0.1) is 13.8 Å². The van der Waals surface area contributed by atoms with Gasteiger partial charge in [0.05, 0.1) is 22.2 Å². The predicted molar refractivity (Wildman–Crippen MR) is 172 cm³/mol. The maximum absolute atomic E-state index is 13.2. The number of imide groups is 2. The van der Waals surface area contributed by atoms with E-state index in [4.69, 9.17) is 4.98 Å². The highest BCUT2D eigenvalue weighted by Crippen LogP contribution is 2.32. The second kappa shape index (κ2) is 13.0. The molecule has 4 N–H and O–H groups in total. The van der Waals surface area contributed by atoms with Crippen LogP contribution in [0.1, 0.15) is 70.5 Å². The SMILES string of the molecule is Cc1ccc2nc(NCCNC(=O)CCCCCNc3cccc4c3C(=O)N(C3CCC(=O)NC3=O)C4=O)c3ncc(C)n3c2c1. The van der Waals surface area contributed by atoms with Crippen LogP contribution in [0.15, 0.2) is 42.6 Å². The summed E-state index contributed by atoms with van der Waals surface area (Å²) in [4.78, 5) is 72.8. The number of unbranched alkanes of at least 4 members (excludes halogenated alkanes) is 2. The van der Waals surface area contributed by atoms with Crippen LogP contribution in [0.25, 0.3) is 16.7 Å². The molecule has 0 aliphatic carbocycles. The average Bonchev–Trinajstić information content (AvgIpc) is 3.54. The van der Waals surface area contributed by atoms with Gasteiger partial charge in [-0.2, -0.15) is 0 Å². The Morgan fingerprint density at radius 1 is 0.978 bits per heavy atom. The van der Waals surface area contributed by atoms with Crippen LogP contribution in [0.3, 0.4) is 0 Å². The Bertz CT molecular complexity index is 1880. The summed E-state index contributed by atoms with van der Waals surface area (Å²) in [5, 5.41) is 11.7. The molecule has 1 saturated heterocycles. The molecular weight excluding hydrogens is 588 g/mol. The molecular formula is C33H36N8O5. The molecule has 13 nitrogen and oxygen atoms in total. The van der Waals surface area contributed by atoms with Gasteiger partial charge in [0.25, 0.3) is 11.8 Å². The van der Waals surface area contributed by atoms with E-state index < -0.39 is 29.7 Å². The van der Waals surface area contributed by atoms with E-state index in [1.165, 1.54) is 0 Å². The van der Waals surface area contributed by atoms with E-state index in [0.29, 0.717) is 44.0 Å². The molecule has 1 fully saturated rings. The number of anilines is 2. The Labute approximate surface area is 265 Å². The molecule has 46 heavy (non-hydrogen) atoms. The van der Waals surface area contributed by atoms with Crippen molar-refractivity contribution in [3.05, 3.63) is 65.0 Å². The zero-order chi connectivity index (χ0) is 32.4. The zero-order valence-corrected chi connectivity index (χ0v) is 25.8. The molecule has 4 aromatic rings. The number of amides is 5. The number of imidazole rings is 1. The van der Waals surface area contributed by atoms with E-state index in [1.807, 2.05) is 32.2 Å². The first-order chi connectivity index (χ1) is 22.2. The number of nitrogens with zero attached hydrogens (tertiary/aromatic N) is 4. The second-order valence-corrected chi connectivity index (χ2v) is 11.7. The fourth-order valence-electron chi connectivity index (χ4n) is 6.05. The van der Waals surface area contributed by atoms with Gasteiger partial charge in [-0.05, 0) is 62.9 Å². The average molecular weight is 625 g/mol. The van der Waals surface area contributed by atoms with Crippen molar-refractivity contribution in [2.75, 3.05) is 30.3 Å². The molecule has 5 amide bonds.